The average Bonchev–Trinajstić information content (AvgIpc) is 2.60. The lowest BCUT2D eigenvalue weighted by atomic mass is 10.2. The normalized spacial score (nSPS) is 10.5. The van der Waals surface area contributed by atoms with Crippen LogP contribution in [0.2, 0.25) is 0 Å². The van der Waals surface area contributed by atoms with Crippen molar-refractivity contribution in [3.05, 3.63) is 59.9 Å². The van der Waals surface area contributed by atoms with Crippen LogP contribution in [0.1, 0.15) is 25.1 Å². The number of hydrogen-bond donors (Lipinski definition) is 1. The summed E-state index contributed by atoms with van der Waals surface area (Å²) in [6, 6.07) is 14.0. The minimum atomic E-state index is 0.542. The fourth-order valence-electron chi connectivity index (χ4n) is 2.24. The van der Waals surface area contributed by atoms with Crippen LogP contribution in [0.15, 0.2) is 48.7 Å². The van der Waals surface area contributed by atoms with Crippen molar-refractivity contribution >= 4 is 17.3 Å². The molecule has 0 saturated heterocycles. The second kappa shape index (κ2) is 9.23. The Balaban J connectivity index is 2.09. The molecule has 5 heteroatoms. The molecule has 24 heavy (non-hydrogen) atoms. The zero-order valence-corrected chi connectivity index (χ0v) is 15.3. The largest absolute Gasteiger partial charge is 0.497 e. The van der Waals surface area contributed by atoms with Crippen LogP contribution in [0.5, 0.6) is 5.75 Å². The van der Waals surface area contributed by atoms with E-state index in [-0.39, 0.29) is 0 Å². The summed E-state index contributed by atoms with van der Waals surface area (Å²) >= 11 is 5.60. The lowest BCUT2D eigenvalue weighted by Gasteiger charge is -2.26. The summed E-state index contributed by atoms with van der Waals surface area (Å²) in [5, 5.41) is 4.10. The van der Waals surface area contributed by atoms with Gasteiger partial charge in [0.25, 0.3) is 0 Å². The highest BCUT2D eigenvalue weighted by atomic mass is 32.1. The Labute approximate surface area is 149 Å². The molecule has 0 amide bonds. The maximum Gasteiger partial charge on any atom is 0.169 e. The first-order valence-corrected chi connectivity index (χ1v) is 8.55. The molecule has 1 aromatic carbocycles. The summed E-state index contributed by atoms with van der Waals surface area (Å²) in [5.41, 5.74) is 2.18. The number of nitrogens with one attached hydrogen (secondary N) is 1. The van der Waals surface area contributed by atoms with E-state index in [1.807, 2.05) is 36.5 Å². The molecule has 0 aliphatic carbocycles. The van der Waals surface area contributed by atoms with Crippen molar-refractivity contribution in [1.29, 1.82) is 0 Å². The van der Waals surface area contributed by atoms with Crippen LogP contribution in [-0.4, -0.2) is 28.7 Å². The van der Waals surface area contributed by atoms with Gasteiger partial charge in [-0.15, -0.1) is 0 Å². The van der Waals surface area contributed by atoms with Gasteiger partial charge in [0.1, 0.15) is 5.75 Å². The Morgan fingerprint density at radius 1 is 1.17 bits per heavy atom. The number of nitrogens with zero attached hydrogens (tertiary/aromatic N) is 2. The highest BCUT2D eigenvalue weighted by Crippen LogP contribution is 2.14. The quantitative estimate of drug-likeness (QED) is 0.777. The van der Waals surface area contributed by atoms with E-state index >= 15 is 0 Å². The van der Waals surface area contributed by atoms with Gasteiger partial charge in [-0.1, -0.05) is 32.0 Å². The molecule has 0 saturated carbocycles. The van der Waals surface area contributed by atoms with Crippen LogP contribution < -0.4 is 10.1 Å². The molecule has 1 aromatic heterocycles. The summed E-state index contributed by atoms with van der Waals surface area (Å²) in [6.45, 7) is 6.60. The number of aromatic nitrogens is 1. The third kappa shape index (κ3) is 5.81. The summed E-state index contributed by atoms with van der Waals surface area (Å²) < 4.78 is 5.22. The molecule has 4 nitrogen and oxygen atoms in total. The fourth-order valence-corrected chi connectivity index (χ4v) is 2.45. The van der Waals surface area contributed by atoms with Crippen molar-refractivity contribution in [2.45, 2.75) is 26.9 Å². The van der Waals surface area contributed by atoms with Gasteiger partial charge >= 0.3 is 0 Å². The summed E-state index contributed by atoms with van der Waals surface area (Å²) in [7, 11) is 1.67. The van der Waals surface area contributed by atoms with Crippen LogP contribution in [0.4, 0.5) is 0 Å². The maximum atomic E-state index is 5.60. The Kier molecular flexibility index (Phi) is 7.00. The van der Waals surface area contributed by atoms with E-state index in [9.17, 15) is 0 Å². The van der Waals surface area contributed by atoms with E-state index in [0.717, 1.165) is 29.6 Å². The van der Waals surface area contributed by atoms with E-state index in [1.54, 1.807) is 7.11 Å². The monoisotopic (exact) mass is 343 g/mol. The molecule has 2 rings (SSSR count). The maximum absolute atomic E-state index is 5.60. The highest BCUT2D eigenvalue weighted by Gasteiger charge is 2.12. The van der Waals surface area contributed by atoms with Gasteiger partial charge < -0.3 is 15.0 Å². The van der Waals surface area contributed by atoms with Gasteiger partial charge in [-0.05, 0) is 48.0 Å². The predicted molar refractivity (Wildman–Crippen MR) is 102 cm³/mol. The smallest absolute Gasteiger partial charge is 0.169 e. The number of ether oxygens (including phenoxy) is 1. The Hall–Kier alpha value is -2.14. The van der Waals surface area contributed by atoms with Crippen LogP contribution in [0, 0.1) is 5.92 Å². The molecule has 1 N–H and O–H groups in total. The van der Waals surface area contributed by atoms with E-state index in [4.69, 9.17) is 17.0 Å². The third-order valence-electron chi connectivity index (χ3n) is 3.56. The number of hydrogen-bond acceptors (Lipinski definition) is 3. The number of benzene rings is 1. The van der Waals surface area contributed by atoms with Gasteiger partial charge in [0.2, 0.25) is 0 Å². The SMILES string of the molecule is COc1ccc(CN(Cc2ccccn2)C(=S)NCC(C)C)cc1. The first-order valence-electron chi connectivity index (χ1n) is 8.14. The number of rotatable bonds is 7. The second-order valence-electron chi connectivity index (χ2n) is 6.11. The second-order valence-corrected chi connectivity index (χ2v) is 6.49. The van der Waals surface area contributed by atoms with Gasteiger partial charge in [0.15, 0.2) is 5.11 Å². The van der Waals surface area contributed by atoms with E-state index in [1.165, 1.54) is 5.56 Å². The third-order valence-corrected chi connectivity index (χ3v) is 3.96. The number of methoxy groups -OCH3 is 1. The molecule has 0 spiro atoms. The van der Waals surface area contributed by atoms with Crippen molar-refractivity contribution in [3.63, 3.8) is 0 Å². The molecule has 1 heterocycles. The fraction of sp³-hybridized carbons (Fsp3) is 0.368. The zero-order chi connectivity index (χ0) is 17.4. The molecule has 0 atom stereocenters. The van der Waals surface area contributed by atoms with Gasteiger partial charge in [-0.3, -0.25) is 4.98 Å². The van der Waals surface area contributed by atoms with Crippen LogP contribution in [-0.2, 0) is 13.1 Å². The van der Waals surface area contributed by atoms with Crippen molar-refractivity contribution in [1.82, 2.24) is 15.2 Å². The van der Waals surface area contributed by atoms with Crippen LogP contribution >= 0.6 is 12.2 Å². The first-order chi connectivity index (χ1) is 11.6. The number of pyridine rings is 1. The Morgan fingerprint density at radius 3 is 2.50 bits per heavy atom. The Morgan fingerprint density at radius 2 is 1.92 bits per heavy atom. The summed E-state index contributed by atoms with van der Waals surface area (Å²) in [4.78, 5) is 6.56. The standard InChI is InChI=1S/C19H25N3OS/c1-15(2)12-21-19(24)22(14-17-6-4-5-11-20-17)13-16-7-9-18(23-3)10-8-16/h4-11,15H,12-14H2,1-3H3,(H,21,24). The van der Waals surface area contributed by atoms with E-state index in [2.05, 4.69) is 41.2 Å². The average molecular weight is 343 g/mol. The van der Waals surface area contributed by atoms with Gasteiger partial charge in [-0.2, -0.15) is 0 Å². The van der Waals surface area contributed by atoms with E-state index < -0.39 is 0 Å². The van der Waals surface area contributed by atoms with Crippen molar-refractivity contribution < 1.29 is 4.74 Å². The van der Waals surface area contributed by atoms with Gasteiger partial charge in [0.05, 0.1) is 19.3 Å². The lowest BCUT2D eigenvalue weighted by molar-refractivity contribution is 0.389. The first kappa shape index (κ1) is 18.2. The molecule has 0 aliphatic rings. The zero-order valence-electron chi connectivity index (χ0n) is 14.5. The molecule has 0 unspecified atom stereocenters. The molecule has 128 valence electrons. The lowest BCUT2D eigenvalue weighted by Crippen LogP contribution is -2.40. The molecule has 0 radical (unpaired) electrons. The van der Waals surface area contributed by atoms with E-state index in [0.29, 0.717) is 12.5 Å². The van der Waals surface area contributed by atoms with Crippen LogP contribution in [0.3, 0.4) is 0 Å². The van der Waals surface area contributed by atoms with Gasteiger partial charge in [-0.25, -0.2) is 0 Å². The minimum Gasteiger partial charge on any atom is -0.497 e. The minimum absolute atomic E-state index is 0.542. The van der Waals surface area contributed by atoms with Crippen LogP contribution in [0.25, 0.3) is 0 Å². The molecular formula is C19H25N3OS. The van der Waals surface area contributed by atoms with Crippen molar-refractivity contribution in [2.24, 2.45) is 5.92 Å². The molecule has 2 aromatic rings. The molecular weight excluding hydrogens is 318 g/mol. The molecule has 0 fully saturated rings. The van der Waals surface area contributed by atoms with Crippen molar-refractivity contribution in [2.75, 3.05) is 13.7 Å². The summed E-state index contributed by atoms with van der Waals surface area (Å²) in [5.74, 6) is 1.40. The molecule has 0 bridgehead atoms. The predicted octanol–water partition coefficient (Wildman–Crippen LogP) is 3.62. The summed E-state index contributed by atoms with van der Waals surface area (Å²) in [6.07, 6.45) is 1.81. The highest BCUT2D eigenvalue weighted by molar-refractivity contribution is 7.80. The molecule has 0 aliphatic heterocycles. The topological polar surface area (TPSA) is 37.4 Å². The Bertz CT molecular complexity index is 629. The van der Waals surface area contributed by atoms with Gasteiger partial charge in [0, 0.05) is 19.3 Å². The number of thiocarbonyl (C=S) groups is 1. The van der Waals surface area contributed by atoms with Crippen molar-refractivity contribution in [3.8, 4) is 5.75 Å².